The van der Waals surface area contributed by atoms with Gasteiger partial charge in [0.05, 0.1) is 23.3 Å². The van der Waals surface area contributed by atoms with Gasteiger partial charge in [-0.2, -0.15) is 0 Å². The second kappa shape index (κ2) is 7.54. The van der Waals surface area contributed by atoms with Gasteiger partial charge in [-0.05, 0) is 54.6 Å². The molecule has 0 saturated heterocycles. The van der Waals surface area contributed by atoms with E-state index < -0.39 is 5.54 Å². The maximum atomic E-state index is 13.7. The highest BCUT2D eigenvalue weighted by Crippen LogP contribution is 2.36. The maximum absolute atomic E-state index is 13.7. The van der Waals surface area contributed by atoms with Gasteiger partial charge < -0.3 is 14.8 Å². The highest BCUT2D eigenvalue weighted by atomic mass is 32.1. The fraction of sp³-hybridized carbons (Fsp3) is 0.478. The molecule has 30 heavy (non-hydrogen) atoms. The number of carbonyl (C=O) groups excluding carboxylic acids is 2. The smallest absolute Gasteiger partial charge is 0.271 e. The number of rotatable bonds is 4. The molecule has 0 aromatic carbocycles. The summed E-state index contributed by atoms with van der Waals surface area (Å²) in [5, 5.41) is 7.39. The van der Waals surface area contributed by atoms with Crippen molar-refractivity contribution in [3.05, 3.63) is 45.6 Å². The number of aromatic nitrogens is 1. The summed E-state index contributed by atoms with van der Waals surface area (Å²) in [5.41, 5.74) is 0.799. The molecule has 0 bridgehead atoms. The number of nitrogens with zero attached hydrogens (tertiary/aromatic N) is 2. The van der Waals surface area contributed by atoms with Crippen LogP contribution in [-0.4, -0.2) is 32.9 Å². The minimum atomic E-state index is -0.931. The molecule has 158 valence electrons. The van der Waals surface area contributed by atoms with Crippen LogP contribution in [-0.2, 0) is 17.9 Å². The number of thiophene rings is 2. The van der Waals surface area contributed by atoms with Crippen LogP contribution in [0.2, 0.25) is 0 Å². The van der Waals surface area contributed by atoms with Crippen molar-refractivity contribution in [2.24, 2.45) is 5.92 Å². The van der Waals surface area contributed by atoms with Crippen molar-refractivity contribution in [2.45, 2.75) is 64.2 Å². The molecule has 3 atom stereocenters. The molecule has 5 rings (SSSR count). The standard InChI is InChI=1S/C23H27N3O2S2/c1-15-6-3-4-8-17(15)24-22(28)23(2)14-25-18-9-11-30-20(18)12-19(25)21(27)26(23)13-16-7-5-10-29-16/h5,7,9-12,15,17H,3-4,6,8,13-14H2,1-2H3,(H,24,28)/t15-,17-,23-/m1/s1. The van der Waals surface area contributed by atoms with Gasteiger partial charge in [-0.15, -0.1) is 22.7 Å². The Bertz CT molecular complexity index is 1080. The summed E-state index contributed by atoms with van der Waals surface area (Å²) >= 11 is 3.26. The average molecular weight is 442 g/mol. The molecular weight excluding hydrogens is 414 g/mol. The van der Waals surface area contributed by atoms with E-state index in [1.165, 1.54) is 6.42 Å². The van der Waals surface area contributed by atoms with E-state index in [2.05, 4.69) is 12.2 Å². The zero-order chi connectivity index (χ0) is 20.9. The van der Waals surface area contributed by atoms with E-state index in [1.54, 1.807) is 27.6 Å². The molecule has 1 aliphatic heterocycles. The first-order valence-electron chi connectivity index (χ1n) is 10.7. The van der Waals surface area contributed by atoms with E-state index in [4.69, 9.17) is 0 Å². The molecule has 7 heteroatoms. The van der Waals surface area contributed by atoms with Gasteiger partial charge in [0.15, 0.2) is 0 Å². The Hall–Kier alpha value is -2.12. The van der Waals surface area contributed by atoms with Crippen molar-refractivity contribution in [3.8, 4) is 0 Å². The highest BCUT2D eigenvalue weighted by molar-refractivity contribution is 7.17. The molecule has 4 heterocycles. The number of hydrogen-bond donors (Lipinski definition) is 1. The van der Waals surface area contributed by atoms with E-state index in [1.807, 2.05) is 46.5 Å². The van der Waals surface area contributed by atoms with Gasteiger partial charge in [0.25, 0.3) is 5.91 Å². The van der Waals surface area contributed by atoms with Crippen molar-refractivity contribution in [1.82, 2.24) is 14.8 Å². The van der Waals surface area contributed by atoms with E-state index in [-0.39, 0.29) is 17.9 Å². The molecule has 1 fully saturated rings. The molecule has 3 aromatic rings. The summed E-state index contributed by atoms with van der Waals surface area (Å²) in [7, 11) is 0. The maximum Gasteiger partial charge on any atom is 0.271 e. The highest BCUT2D eigenvalue weighted by Gasteiger charge is 2.48. The molecule has 2 amide bonds. The van der Waals surface area contributed by atoms with Crippen LogP contribution in [0, 0.1) is 5.92 Å². The average Bonchev–Trinajstić information content (AvgIpc) is 3.45. The van der Waals surface area contributed by atoms with Crippen molar-refractivity contribution in [3.63, 3.8) is 0 Å². The molecule has 0 radical (unpaired) electrons. The molecule has 1 N–H and O–H groups in total. The minimum Gasteiger partial charge on any atom is -0.351 e. The fourth-order valence-electron chi connectivity index (χ4n) is 4.93. The molecule has 5 nitrogen and oxygen atoms in total. The van der Waals surface area contributed by atoms with Crippen LogP contribution in [0.15, 0.2) is 35.0 Å². The minimum absolute atomic E-state index is 0.0334. The molecule has 3 aromatic heterocycles. The summed E-state index contributed by atoms with van der Waals surface area (Å²) in [6.07, 6.45) is 4.56. The van der Waals surface area contributed by atoms with Crippen molar-refractivity contribution >= 4 is 44.7 Å². The summed E-state index contributed by atoms with van der Waals surface area (Å²) < 4.78 is 3.14. The van der Waals surface area contributed by atoms with Gasteiger partial charge in [-0.25, -0.2) is 0 Å². The molecular formula is C23H27N3O2S2. The van der Waals surface area contributed by atoms with Crippen molar-refractivity contribution in [2.75, 3.05) is 0 Å². The van der Waals surface area contributed by atoms with Crippen LogP contribution in [0.25, 0.3) is 10.2 Å². The second-order valence-electron chi connectivity index (χ2n) is 8.87. The number of nitrogens with one attached hydrogen (secondary N) is 1. The summed E-state index contributed by atoms with van der Waals surface area (Å²) in [6.45, 7) is 5.09. The third-order valence-electron chi connectivity index (χ3n) is 6.86. The van der Waals surface area contributed by atoms with Gasteiger partial charge >= 0.3 is 0 Å². The van der Waals surface area contributed by atoms with Gasteiger partial charge in [0.1, 0.15) is 11.2 Å². The lowest BCUT2D eigenvalue weighted by Crippen LogP contribution is -2.65. The van der Waals surface area contributed by atoms with E-state index >= 15 is 0 Å². The lowest BCUT2D eigenvalue weighted by molar-refractivity contribution is -0.134. The summed E-state index contributed by atoms with van der Waals surface area (Å²) in [6, 6.07) is 8.24. The summed E-state index contributed by atoms with van der Waals surface area (Å²) in [5.74, 6) is 0.378. The Balaban J connectivity index is 1.53. The van der Waals surface area contributed by atoms with Gasteiger partial charge in [0, 0.05) is 10.9 Å². The van der Waals surface area contributed by atoms with Crippen LogP contribution in [0.3, 0.4) is 0 Å². The van der Waals surface area contributed by atoms with Crippen LogP contribution in [0.5, 0.6) is 0 Å². The zero-order valence-electron chi connectivity index (χ0n) is 17.4. The van der Waals surface area contributed by atoms with Crippen molar-refractivity contribution in [1.29, 1.82) is 0 Å². The van der Waals surface area contributed by atoms with Crippen LogP contribution in [0.4, 0.5) is 0 Å². The Morgan fingerprint density at radius 3 is 2.83 bits per heavy atom. The van der Waals surface area contributed by atoms with Gasteiger partial charge in [-0.3, -0.25) is 9.59 Å². The largest absolute Gasteiger partial charge is 0.351 e. The first kappa shape index (κ1) is 19.8. The predicted molar refractivity (Wildman–Crippen MR) is 122 cm³/mol. The Morgan fingerprint density at radius 1 is 1.23 bits per heavy atom. The monoisotopic (exact) mass is 441 g/mol. The lowest BCUT2D eigenvalue weighted by Gasteiger charge is -2.45. The number of amides is 2. The Morgan fingerprint density at radius 2 is 2.07 bits per heavy atom. The number of hydrogen-bond acceptors (Lipinski definition) is 4. The van der Waals surface area contributed by atoms with Crippen LogP contribution < -0.4 is 5.32 Å². The van der Waals surface area contributed by atoms with Gasteiger partial charge in [0.2, 0.25) is 5.91 Å². The van der Waals surface area contributed by atoms with E-state index in [0.717, 1.165) is 34.4 Å². The Kier molecular flexibility index (Phi) is 4.98. The van der Waals surface area contributed by atoms with Crippen molar-refractivity contribution < 1.29 is 9.59 Å². The predicted octanol–water partition coefficient (Wildman–Crippen LogP) is 4.87. The third-order valence-corrected chi connectivity index (χ3v) is 8.57. The van der Waals surface area contributed by atoms with Gasteiger partial charge in [-0.1, -0.05) is 25.8 Å². The molecule has 0 spiro atoms. The van der Waals surface area contributed by atoms with Crippen LogP contribution >= 0.6 is 22.7 Å². The fourth-order valence-corrected chi connectivity index (χ4v) is 6.45. The third kappa shape index (κ3) is 3.19. The normalized spacial score (nSPS) is 26.7. The first-order valence-corrected chi connectivity index (χ1v) is 12.5. The number of fused-ring (bicyclic) bond motifs is 3. The molecule has 2 aliphatic rings. The van der Waals surface area contributed by atoms with E-state index in [9.17, 15) is 9.59 Å². The zero-order valence-corrected chi connectivity index (χ0v) is 19.0. The second-order valence-corrected chi connectivity index (χ2v) is 10.9. The first-order chi connectivity index (χ1) is 14.5. The Labute approximate surface area is 184 Å². The SMILES string of the molecule is C[C@@H]1CCCC[C@H]1NC(=O)[C@@]1(C)Cn2c(cc3sccc32)C(=O)N1Cc1cccs1. The lowest BCUT2D eigenvalue weighted by atomic mass is 9.85. The van der Waals surface area contributed by atoms with Crippen LogP contribution in [0.1, 0.15) is 54.9 Å². The van der Waals surface area contributed by atoms with E-state index in [0.29, 0.717) is 24.7 Å². The molecule has 0 unspecified atom stereocenters. The molecule has 1 aliphatic carbocycles. The topological polar surface area (TPSA) is 54.3 Å². The summed E-state index contributed by atoms with van der Waals surface area (Å²) in [4.78, 5) is 30.2. The molecule has 1 saturated carbocycles. The quantitative estimate of drug-likeness (QED) is 0.628. The number of carbonyl (C=O) groups is 2.